The Morgan fingerprint density at radius 3 is 2.56 bits per heavy atom. The molecule has 0 aliphatic carbocycles. The molecule has 0 saturated heterocycles. The summed E-state index contributed by atoms with van der Waals surface area (Å²) in [5.41, 5.74) is 2.05. The summed E-state index contributed by atoms with van der Waals surface area (Å²) in [6, 6.07) is 9.92. The lowest BCUT2D eigenvalue weighted by atomic mass is 10.1. The first kappa shape index (κ1) is 18.6. The van der Waals surface area contributed by atoms with Crippen LogP contribution in [0.1, 0.15) is 32.7 Å². The van der Waals surface area contributed by atoms with Gasteiger partial charge in [-0.25, -0.2) is 9.67 Å². The number of nitrogens with one attached hydrogen (secondary N) is 1. The molecule has 0 atom stereocenters. The molecule has 0 bridgehead atoms. The normalized spacial score (nSPS) is 11.4. The quantitative estimate of drug-likeness (QED) is 0.755. The van der Waals surface area contributed by atoms with Gasteiger partial charge in [0.1, 0.15) is 0 Å². The maximum atomic E-state index is 12.6. The molecule has 2 heterocycles. The first-order valence-electron chi connectivity index (χ1n) is 8.17. The predicted octanol–water partition coefficient (Wildman–Crippen LogP) is 3.83. The maximum Gasteiger partial charge on any atom is 0.417 e. The van der Waals surface area contributed by atoms with Gasteiger partial charge in [0.2, 0.25) is 0 Å². The van der Waals surface area contributed by atoms with Crippen molar-refractivity contribution < 1.29 is 18.0 Å². The lowest BCUT2D eigenvalue weighted by Gasteiger charge is -2.09. The number of hydrogen-bond donors (Lipinski definition) is 1. The summed E-state index contributed by atoms with van der Waals surface area (Å²) in [5, 5.41) is 6.90. The van der Waals surface area contributed by atoms with E-state index in [1.54, 1.807) is 6.92 Å². The highest BCUT2D eigenvalue weighted by atomic mass is 19.4. The van der Waals surface area contributed by atoms with Crippen molar-refractivity contribution in [1.82, 2.24) is 20.1 Å². The van der Waals surface area contributed by atoms with Crippen molar-refractivity contribution in [3.63, 3.8) is 0 Å². The van der Waals surface area contributed by atoms with E-state index in [0.29, 0.717) is 17.8 Å². The third-order valence-corrected chi connectivity index (χ3v) is 4.08. The molecule has 3 aromatic rings. The molecule has 0 unspecified atom stereocenters. The molecule has 1 N–H and O–H groups in total. The van der Waals surface area contributed by atoms with Crippen molar-refractivity contribution >= 4 is 5.91 Å². The summed E-state index contributed by atoms with van der Waals surface area (Å²) in [4.78, 5) is 16.2. The molecule has 2 aromatic heterocycles. The van der Waals surface area contributed by atoms with E-state index < -0.39 is 11.7 Å². The fourth-order valence-electron chi connectivity index (χ4n) is 2.64. The van der Waals surface area contributed by atoms with E-state index in [0.717, 1.165) is 23.4 Å². The van der Waals surface area contributed by atoms with Crippen LogP contribution in [0.2, 0.25) is 0 Å². The van der Waals surface area contributed by atoms with Gasteiger partial charge in [0.05, 0.1) is 23.0 Å². The number of amides is 1. The molecule has 0 aliphatic rings. The Morgan fingerprint density at radius 2 is 1.93 bits per heavy atom. The third-order valence-electron chi connectivity index (χ3n) is 4.08. The van der Waals surface area contributed by atoms with Crippen molar-refractivity contribution in [2.45, 2.75) is 26.6 Å². The van der Waals surface area contributed by atoms with Gasteiger partial charge in [-0.15, -0.1) is 0 Å². The number of rotatable bonds is 4. The number of carbonyl (C=O) groups is 1. The molecule has 0 radical (unpaired) electrons. The number of aromatic nitrogens is 3. The molecule has 0 spiro atoms. The van der Waals surface area contributed by atoms with E-state index in [1.807, 2.05) is 31.2 Å². The zero-order chi connectivity index (χ0) is 19.6. The monoisotopic (exact) mass is 374 g/mol. The zero-order valence-corrected chi connectivity index (χ0v) is 14.7. The number of carbonyl (C=O) groups excluding carboxylic acids is 1. The van der Waals surface area contributed by atoms with Crippen molar-refractivity contribution in [2.24, 2.45) is 0 Å². The average molecular weight is 374 g/mol. The van der Waals surface area contributed by atoms with Crippen LogP contribution < -0.4 is 5.32 Å². The van der Waals surface area contributed by atoms with Gasteiger partial charge in [-0.1, -0.05) is 29.8 Å². The molecular weight excluding hydrogens is 357 g/mol. The Morgan fingerprint density at radius 1 is 1.15 bits per heavy atom. The third kappa shape index (κ3) is 4.16. The first-order valence-corrected chi connectivity index (χ1v) is 8.17. The van der Waals surface area contributed by atoms with Gasteiger partial charge in [0.25, 0.3) is 5.91 Å². The number of hydrogen-bond acceptors (Lipinski definition) is 3. The van der Waals surface area contributed by atoms with Crippen LogP contribution in [0.4, 0.5) is 13.2 Å². The standard InChI is InChI=1S/C19H17F3N4O/c1-12-4-3-5-14(8-12)9-24-18(27)16-11-25-26(13(16)2)17-7-6-15(10-23-17)19(20,21)22/h3-8,10-11H,9H2,1-2H3,(H,24,27). The molecule has 3 rings (SSSR count). The smallest absolute Gasteiger partial charge is 0.348 e. The van der Waals surface area contributed by atoms with E-state index in [9.17, 15) is 18.0 Å². The number of alkyl halides is 3. The van der Waals surface area contributed by atoms with E-state index in [-0.39, 0.29) is 11.7 Å². The fourth-order valence-corrected chi connectivity index (χ4v) is 2.64. The Balaban J connectivity index is 1.75. The zero-order valence-electron chi connectivity index (χ0n) is 14.7. The van der Waals surface area contributed by atoms with Crippen molar-refractivity contribution in [3.05, 3.63) is 76.7 Å². The number of pyridine rings is 1. The van der Waals surface area contributed by atoms with Gasteiger partial charge in [-0.05, 0) is 31.5 Å². The van der Waals surface area contributed by atoms with Crippen LogP contribution in [0, 0.1) is 13.8 Å². The van der Waals surface area contributed by atoms with Crippen LogP contribution in [0.5, 0.6) is 0 Å². The largest absolute Gasteiger partial charge is 0.417 e. The number of benzene rings is 1. The lowest BCUT2D eigenvalue weighted by Crippen LogP contribution is -2.23. The Bertz CT molecular complexity index is 962. The molecule has 1 amide bonds. The van der Waals surface area contributed by atoms with Crippen molar-refractivity contribution in [1.29, 1.82) is 0 Å². The van der Waals surface area contributed by atoms with Gasteiger partial charge in [-0.3, -0.25) is 4.79 Å². The highest BCUT2D eigenvalue weighted by molar-refractivity contribution is 5.95. The van der Waals surface area contributed by atoms with E-state index in [1.165, 1.54) is 16.9 Å². The number of halogens is 3. The fraction of sp³-hybridized carbons (Fsp3) is 0.211. The SMILES string of the molecule is Cc1cccc(CNC(=O)c2cnn(-c3ccc(C(F)(F)F)cn3)c2C)c1. The summed E-state index contributed by atoms with van der Waals surface area (Å²) in [6.07, 6.45) is -2.33. The molecule has 0 aliphatic heterocycles. The average Bonchev–Trinajstić information content (AvgIpc) is 3.01. The van der Waals surface area contributed by atoms with Crippen LogP contribution in [-0.4, -0.2) is 20.7 Å². The van der Waals surface area contributed by atoms with Gasteiger partial charge < -0.3 is 5.32 Å². The van der Waals surface area contributed by atoms with Gasteiger partial charge in [0.15, 0.2) is 5.82 Å². The minimum Gasteiger partial charge on any atom is -0.348 e. The number of aryl methyl sites for hydroxylation is 1. The Hall–Kier alpha value is -3.16. The topological polar surface area (TPSA) is 59.8 Å². The lowest BCUT2D eigenvalue weighted by molar-refractivity contribution is -0.137. The molecular formula is C19H17F3N4O. The second kappa shape index (κ2) is 7.22. The van der Waals surface area contributed by atoms with E-state index >= 15 is 0 Å². The summed E-state index contributed by atoms with van der Waals surface area (Å²) >= 11 is 0. The molecule has 0 fully saturated rings. The molecule has 0 saturated carbocycles. The first-order chi connectivity index (χ1) is 12.8. The highest BCUT2D eigenvalue weighted by Gasteiger charge is 2.30. The maximum absolute atomic E-state index is 12.6. The second-order valence-corrected chi connectivity index (χ2v) is 6.13. The van der Waals surface area contributed by atoms with Crippen LogP contribution >= 0.6 is 0 Å². The minimum atomic E-state index is -4.45. The molecule has 1 aromatic carbocycles. The van der Waals surface area contributed by atoms with Crippen molar-refractivity contribution in [3.8, 4) is 5.82 Å². The molecule has 5 nitrogen and oxygen atoms in total. The molecule has 140 valence electrons. The summed E-state index contributed by atoms with van der Waals surface area (Å²) in [6.45, 7) is 3.99. The van der Waals surface area contributed by atoms with Crippen LogP contribution in [0.15, 0.2) is 48.8 Å². The van der Waals surface area contributed by atoms with E-state index in [4.69, 9.17) is 0 Å². The predicted molar refractivity (Wildman–Crippen MR) is 93.4 cm³/mol. The van der Waals surface area contributed by atoms with E-state index in [2.05, 4.69) is 15.4 Å². The van der Waals surface area contributed by atoms with Crippen molar-refractivity contribution in [2.75, 3.05) is 0 Å². The van der Waals surface area contributed by atoms with Crippen LogP contribution in [0.25, 0.3) is 5.82 Å². The summed E-state index contributed by atoms with van der Waals surface area (Å²) < 4.78 is 39.3. The number of nitrogens with zero attached hydrogens (tertiary/aromatic N) is 3. The van der Waals surface area contributed by atoms with Gasteiger partial charge in [0, 0.05) is 12.7 Å². The summed E-state index contributed by atoms with van der Waals surface area (Å²) in [5.74, 6) is -0.106. The minimum absolute atomic E-state index is 0.207. The highest BCUT2D eigenvalue weighted by Crippen LogP contribution is 2.28. The molecule has 27 heavy (non-hydrogen) atoms. The van der Waals surface area contributed by atoms with Gasteiger partial charge >= 0.3 is 6.18 Å². The molecule has 8 heteroatoms. The van der Waals surface area contributed by atoms with Crippen LogP contribution in [-0.2, 0) is 12.7 Å². The Labute approximate surface area is 153 Å². The second-order valence-electron chi connectivity index (χ2n) is 6.13. The Kier molecular flexibility index (Phi) is 4.98. The van der Waals surface area contributed by atoms with Crippen LogP contribution in [0.3, 0.4) is 0 Å². The summed E-state index contributed by atoms with van der Waals surface area (Å²) in [7, 11) is 0. The van der Waals surface area contributed by atoms with Gasteiger partial charge in [-0.2, -0.15) is 18.3 Å².